The molecule has 0 amide bonds. The lowest BCUT2D eigenvalue weighted by molar-refractivity contribution is 0.311. The largest absolute Gasteiger partial charge is 0.361 e. The summed E-state index contributed by atoms with van der Waals surface area (Å²) in [7, 11) is 4.15. The number of imidazole rings is 1. The lowest BCUT2D eigenvalue weighted by Crippen LogP contribution is -2.44. The number of anilines is 1. The van der Waals surface area contributed by atoms with Gasteiger partial charge in [0.1, 0.15) is 5.76 Å². The Bertz CT molecular complexity index is 1250. The van der Waals surface area contributed by atoms with Crippen molar-refractivity contribution in [1.82, 2.24) is 29.8 Å². The third-order valence-electron chi connectivity index (χ3n) is 6.48. The molecule has 8 nitrogen and oxygen atoms in total. The Labute approximate surface area is 181 Å². The normalized spacial score (nSPS) is 15.4. The van der Waals surface area contributed by atoms with E-state index in [9.17, 15) is 0 Å². The Morgan fingerprint density at radius 1 is 0.935 bits per heavy atom. The molecule has 1 N–H and O–H groups in total. The second-order valence-corrected chi connectivity index (χ2v) is 8.64. The molecule has 0 radical (unpaired) electrons. The number of piperazine rings is 1. The molecule has 8 heteroatoms. The predicted octanol–water partition coefficient (Wildman–Crippen LogP) is 3.60. The zero-order valence-corrected chi connectivity index (χ0v) is 19.1. The fraction of sp³-hybridized carbons (Fsp3) is 0.435. The molecule has 1 saturated heterocycles. The first-order valence-corrected chi connectivity index (χ1v) is 10.7. The van der Waals surface area contributed by atoms with Crippen LogP contribution in [0.5, 0.6) is 0 Å². The van der Waals surface area contributed by atoms with Gasteiger partial charge in [0.2, 0.25) is 5.95 Å². The summed E-state index contributed by atoms with van der Waals surface area (Å²) in [5.41, 5.74) is 9.35. The van der Waals surface area contributed by atoms with Crippen molar-refractivity contribution in [1.29, 1.82) is 0 Å². The minimum absolute atomic E-state index is 0.821. The Hall–Kier alpha value is -3.13. The highest BCUT2D eigenvalue weighted by atomic mass is 16.5. The Morgan fingerprint density at radius 2 is 1.68 bits per heavy atom. The highest BCUT2D eigenvalue weighted by molar-refractivity contribution is 5.98. The van der Waals surface area contributed by atoms with Crippen LogP contribution < -0.4 is 4.90 Å². The number of aryl methyl sites for hydroxylation is 4. The molecule has 162 valence electrons. The van der Waals surface area contributed by atoms with E-state index in [4.69, 9.17) is 9.51 Å². The SMILES string of the molecule is Cc1noc(C)c1-c1cc(-c2c(C)nn(C)c2C)c2nc(N3CCN(C)CC3)[nH]c2c1. The van der Waals surface area contributed by atoms with E-state index in [1.165, 1.54) is 0 Å². The Morgan fingerprint density at radius 3 is 2.29 bits per heavy atom. The van der Waals surface area contributed by atoms with Gasteiger partial charge in [-0.25, -0.2) is 4.98 Å². The molecule has 31 heavy (non-hydrogen) atoms. The van der Waals surface area contributed by atoms with Crippen molar-refractivity contribution in [3.63, 3.8) is 0 Å². The fourth-order valence-corrected chi connectivity index (χ4v) is 4.67. The van der Waals surface area contributed by atoms with Gasteiger partial charge in [-0.3, -0.25) is 4.68 Å². The summed E-state index contributed by atoms with van der Waals surface area (Å²) in [6.45, 7) is 12.1. The molecule has 5 rings (SSSR count). The molecule has 0 saturated carbocycles. The first-order valence-electron chi connectivity index (χ1n) is 10.7. The number of H-pyrrole nitrogens is 1. The van der Waals surface area contributed by atoms with Crippen molar-refractivity contribution in [2.75, 3.05) is 38.1 Å². The van der Waals surface area contributed by atoms with E-state index in [1.54, 1.807) is 0 Å². The molecular formula is C23H29N7O. The van der Waals surface area contributed by atoms with Crippen molar-refractivity contribution in [2.24, 2.45) is 7.05 Å². The number of fused-ring (bicyclic) bond motifs is 1. The van der Waals surface area contributed by atoms with Crippen LogP contribution in [0.3, 0.4) is 0 Å². The van der Waals surface area contributed by atoms with Gasteiger partial charge in [-0.1, -0.05) is 5.16 Å². The number of aromatic nitrogens is 5. The summed E-state index contributed by atoms with van der Waals surface area (Å²) in [4.78, 5) is 13.4. The Balaban J connectivity index is 1.74. The molecule has 0 aliphatic carbocycles. The van der Waals surface area contributed by atoms with Crippen LogP contribution in [-0.4, -0.2) is 63.0 Å². The van der Waals surface area contributed by atoms with Crippen LogP contribution in [0.2, 0.25) is 0 Å². The summed E-state index contributed by atoms with van der Waals surface area (Å²) < 4.78 is 7.40. The van der Waals surface area contributed by atoms with E-state index < -0.39 is 0 Å². The maximum Gasteiger partial charge on any atom is 0.203 e. The lowest BCUT2D eigenvalue weighted by Gasteiger charge is -2.32. The lowest BCUT2D eigenvalue weighted by atomic mass is 9.95. The van der Waals surface area contributed by atoms with Gasteiger partial charge in [0, 0.05) is 55.6 Å². The molecular weight excluding hydrogens is 390 g/mol. The number of likely N-dealkylation sites (N-methyl/N-ethyl adjacent to an activating group) is 1. The highest BCUT2D eigenvalue weighted by Gasteiger charge is 2.23. The topological polar surface area (TPSA) is 79.0 Å². The van der Waals surface area contributed by atoms with Crippen molar-refractivity contribution < 1.29 is 4.52 Å². The second kappa shape index (κ2) is 7.23. The first kappa shape index (κ1) is 19.8. The third-order valence-corrected chi connectivity index (χ3v) is 6.48. The van der Waals surface area contributed by atoms with Crippen LogP contribution in [0.1, 0.15) is 22.8 Å². The number of hydrogen-bond donors (Lipinski definition) is 1. The third kappa shape index (κ3) is 3.22. The number of hydrogen-bond acceptors (Lipinski definition) is 6. The van der Waals surface area contributed by atoms with Gasteiger partial charge < -0.3 is 19.3 Å². The molecule has 1 aliphatic rings. The van der Waals surface area contributed by atoms with E-state index in [2.05, 4.69) is 58.1 Å². The van der Waals surface area contributed by atoms with Crippen LogP contribution in [0.25, 0.3) is 33.3 Å². The summed E-state index contributed by atoms with van der Waals surface area (Å²) in [5, 5.41) is 8.83. The van der Waals surface area contributed by atoms with Crippen LogP contribution in [-0.2, 0) is 7.05 Å². The van der Waals surface area contributed by atoms with E-state index >= 15 is 0 Å². The second-order valence-electron chi connectivity index (χ2n) is 8.64. The quantitative estimate of drug-likeness (QED) is 0.547. The standard InChI is InChI=1S/C23H29N7O/c1-13-20(15(3)29(6)26-13)18-11-17(21-14(2)27-31-16(21)4)12-19-22(18)25-23(24-19)30-9-7-28(5)8-10-30/h11-12H,7-10H2,1-6H3,(H,24,25). The molecule has 4 heterocycles. The average molecular weight is 420 g/mol. The number of nitrogens with zero attached hydrogens (tertiary/aromatic N) is 6. The minimum Gasteiger partial charge on any atom is -0.361 e. The number of nitrogens with one attached hydrogen (secondary N) is 1. The van der Waals surface area contributed by atoms with Gasteiger partial charge in [0.15, 0.2) is 0 Å². The van der Waals surface area contributed by atoms with Gasteiger partial charge in [0.25, 0.3) is 0 Å². The van der Waals surface area contributed by atoms with Crippen LogP contribution in [0, 0.1) is 27.7 Å². The highest BCUT2D eigenvalue weighted by Crippen LogP contribution is 2.38. The maximum atomic E-state index is 5.46. The average Bonchev–Trinajstić information content (AvgIpc) is 3.38. The molecule has 1 fully saturated rings. The summed E-state index contributed by atoms with van der Waals surface area (Å²) >= 11 is 0. The molecule has 0 spiro atoms. The molecule has 4 aromatic rings. The summed E-state index contributed by atoms with van der Waals surface area (Å²) in [5.74, 6) is 1.75. The van der Waals surface area contributed by atoms with Gasteiger partial charge in [0.05, 0.1) is 22.4 Å². The monoisotopic (exact) mass is 419 g/mol. The molecule has 3 aromatic heterocycles. The van der Waals surface area contributed by atoms with Crippen molar-refractivity contribution in [2.45, 2.75) is 27.7 Å². The van der Waals surface area contributed by atoms with Crippen molar-refractivity contribution in [3.8, 4) is 22.3 Å². The zero-order valence-electron chi connectivity index (χ0n) is 19.1. The molecule has 0 atom stereocenters. The minimum atomic E-state index is 0.821. The van der Waals surface area contributed by atoms with Crippen molar-refractivity contribution >= 4 is 17.0 Å². The summed E-state index contributed by atoms with van der Waals surface area (Å²) in [6.07, 6.45) is 0. The van der Waals surface area contributed by atoms with E-state index in [0.29, 0.717) is 0 Å². The van der Waals surface area contributed by atoms with Crippen LogP contribution in [0.15, 0.2) is 16.7 Å². The van der Waals surface area contributed by atoms with E-state index in [1.807, 2.05) is 25.6 Å². The van der Waals surface area contributed by atoms with Gasteiger partial charge in [-0.05, 0) is 52.4 Å². The smallest absolute Gasteiger partial charge is 0.203 e. The number of rotatable bonds is 3. The van der Waals surface area contributed by atoms with Gasteiger partial charge in [-0.15, -0.1) is 0 Å². The molecule has 0 unspecified atom stereocenters. The first-order chi connectivity index (χ1) is 14.8. The van der Waals surface area contributed by atoms with Crippen LogP contribution in [0.4, 0.5) is 5.95 Å². The van der Waals surface area contributed by atoms with Crippen LogP contribution >= 0.6 is 0 Å². The fourth-order valence-electron chi connectivity index (χ4n) is 4.67. The zero-order chi connectivity index (χ0) is 21.9. The maximum absolute atomic E-state index is 5.46. The number of aromatic amines is 1. The van der Waals surface area contributed by atoms with Crippen molar-refractivity contribution in [3.05, 3.63) is 35.0 Å². The van der Waals surface area contributed by atoms with E-state index in [0.717, 1.165) is 88.3 Å². The summed E-state index contributed by atoms with van der Waals surface area (Å²) in [6, 6.07) is 4.37. The molecule has 1 aliphatic heterocycles. The molecule has 1 aromatic carbocycles. The van der Waals surface area contributed by atoms with Gasteiger partial charge in [-0.2, -0.15) is 5.10 Å². The van der Waals surface area contributed by atoms with E-state index in [-0.39, 0.29) is 0 Å². The molecule has 0 bridgehead atoms. The Kier molecular flexibility index (Phi) is 4.62. The predicted molar refractivity (Wildman–Crippen MR) is 122 cm³/mol. The number of benzene rings is 1. The van der Waals surface area contributed by atoms with Gasteiger partial charge >= 0.3 is 0 Å².